The van der Waals surface area contributed by atoms with Crippen molar-refractivity contribution in [1.82, 2.24) is 4.98 Å². The number of benzene rings is 1. The molecule has 0 saturated heterocycles. The molecule has 1 aromatic carbocycles. The molecular formula is C17H19N3O. The Morgan fingerprint density at radius 3 is 2.81 bits per heavy atom. The van der Waals surface area contributed by atoms with E-state index < -0.39 is 0 Å². The van der Waals surface area contributed by atoms with Crippen molar-refractivity contribution in [1.29, 1.82) is 5.26 Å². The summed E-state index contributed by atoms with van der Waals surface area (Å²) < 4.78 is 5.49. The van der Waals surface area contributed by atoms with Crippen LogP contribution in [0.1, 0.15) is 29.4 Å². The number of nitrogens with zero attached hydrogens (tertiary/aromatic N) is 2. The summed E-state index contributed by atoms with van der Waals surface area (Å²) in [6, 6.07) is 12.1. The Morgan fingerprint density at radius 1 is 1.29 bits per heavy atom. The average molecular weight is 281 g/mol. The topological polar surface area (TPSA) is 57.9 Å². The van der Waals surface area contributed by atoms with Crippen molar-refractivity contribution in [2.75, 3.05) is 11.9 Å². The van der Waals surface area contributed by atoms with Crippen LogP contribution in [0.3, 0.4) is 0 Å². The summed E-state index contributed by atoms with van der Waals surface area (Å²) in [6.07, 6.45) is 0. The molecule has 2 rings (SSSR count). The lowest BCUT2D eigenvalue weighted by molar-refractivity contribution is 0.340. The van der Waals surface area contributed by atoms with Crippen LogP contribution in [0.15, 0.2) is 30.3 Å². The summed E-state index contributed by atoms with van der Waals surface area (Å²) in [5.74, 6) is 0.861. The van der Waals surface area contributed by atoms with Gasteiger partial charge in [-0.1, -0.05) is 12.1 Å². The van der Waals surface area contributed by atoms with Crippen molar-refractivity contribution in [3.8, 4) is 11.8 Å². The first-order valence-electron chi connectivity index (χ1n) is 6.98. The second kappa shape index (κ2) is 6.76. The van der Waals surface area contributed by atoms with E-state index in [1.165, 1.54) is 0 Å². The van der Waals surface area contributed by atoms with E-state index in [4.69, 9.17) is 4.74 Å². The molecule has 1 heterocycles. The average Bonchev–Trinajstić information content (AvgIpc) is 2.45. The first kappa shape index (κ1) is 14.9. The van der Waals surface area contributed by atoms with Crippen LogP contribution in [0.2, 0.25) is 0 Å². The second-order valence-electron chi connectivity index (χ2n) is 4.82. The number of hydrogen-bond donors (Lipinski definition) is 1. The van der Waals surface area contributed by atoms with Crippen LogP contribution < -0.4 is 10.1 Å². The second-order valence-corrected chi connectivity index (χ2v) is 4.82. The van der Waals surface area contributed by atoms with Gasteiger partial charge in [0.05, 0.1) is 23.6 Å². The van der Waals surface area contributed by atoms with Gasteiger partial charge < -0.3 is 10.1 Å². The minimum atomic E-state index is 0.599. The fourth-order valence-electron chi connectivity index (χ4n) is 2.22. The van der Waals surface area contributed by atoms with Gasteiger partial charge in [0.25, 0.3) is 0 Å². The monoisotopic (exact) mass is 281 g/mol. The standard InChI is InChI=1S/C17H19N3O/c1-4-21-15-7-5-6-14(9-15)11-19-17-8-12(2)20-13(3)16(17)10-18/h5-9H,4,11H2,1-3H3,(H,19,20). The quantitative estimate of drug-likeness (QED) is 0.910. The SMILES string of the molecule is CCOc1cccc(CNc2cc(C)nc(C)c2C#N)c1. The predicted molar refractivity (Wildman–Crippen MR) is 83.4 cm³/mol. The van der Waals surface area contributed by atoms with Crippen LogP contribution in [0.5, 0.6) is 5.75 Å². The molecule has 4 nitrogen and oxygen atoms in total. The summed E-state index contributed by atoms with van der Waals surface area (Å²) in [5, 5.41) is 12.6. The minimum Gasteiger partial charge on any atom is -0.494 e. The number of nitriles is 1. The van der Waals surface area contributed by atoms with Gasteiger partial charge in [0.1, 0.15) is 11.8 Å². The largest absolute Gasteiger partial charge is 0.494 e. The molecule has 0 aliphatic carbocycles. The number of nitrogens with one attached hydrogen (secondary N) is 1. The van der Waals surface area contributed by atoms with Crippen LogP contribution in [0, 0.1) is 25.2 Å². The molecule has 0 fully saturated rings. The number of hydrogen-bond acceptors (Lipinski definition) is 4. The van der Waals surface area contributed by atoms with E-state index in [1.54, 1.807) is 0 Å². The van der Waals surface area contributed by atoms with Gasteiger partial charge in [-0.05, 0) is 44.5 Å². The van der Waals surface area contributed by atoms with Crippen molar-refractivity contribution >= 4 is 5.69 Å². The van der Waals surface area contributed by atoms with E-state index in [0.717, 1.165) is 28.4 Å². The van der Waals surface area contributed by atoms with E-state index in [9.17, 15) is 5.26 Å². The lowest BCUT2D eigenvalue weighted by Gasteiger charge is -2.12. The number of anilines is 1. The van der Waals surface area contributed by atoms with E-state index in [2.05, 4.69) is 16.4 Å². The molecule has 108 valence electrons. The molecule has 21 heavy (non-hydrogen) atoms. The van der Waals surface area contributed by atoms with Gasteiger partial charge in [-0.2, -0.15) is 5.26 Å². The van der Waals surface area contributed by atoms with Crippen LogP contribution in [0.4, 0.5) is 5.69 Å². The highest BCUT2D eigenvalue weighted by atomic mass is 16.5. The lowest BCUT2D eigenvalue weighted by Crippen LogP contribution is -2.04. The Bertz CT molecular complexity index is 674. The zero-order chi connectivity index (χ0) is 15.2. The summed E-state index contributed by atoms with van der Waals surface area (Å²) in [7, 11) is 0. The molecule has 4 heteroatoms. The van der Waals surface area contributed by atoms with Crippen LogP contribution >= 0.6 is 0 Å². The third-order valence-corrected chi connectivity index (χ3v) is 3.13. The molecule has 1 N–H and O–H groups in total. The molecule has 0 unspecified atom stereocenters. The summed E-state index contributed by atoms with van der Waals surface area (Å²) in [5.41, 5.74) is 4.18. The summed E-state index contributed by atoms with van der Waals surface area (Å²) in [6.45, 7) is 7.03. The molecule has 0 aliphatic heterocycles. The van der Waals surface area contributed by atoms with Gasteiger partial charge in [0, 0.05) is 12.2 Å². The smallest absolute Gasteiger partial charge is 0.119 e. The van der Waals surface area contributed by atoms with Crippen molar-refractivity contribution in [3.05, 3.63) is 52.8 Å². The highest BCUT2D eigenvalue weighted by molar-refractivity contribution is 5.60. The maximum Gasteiger partial charge on any atom is 0.119 e. The molecule has 0 amide bonds. The third kappa shape index (κ3) is 3.73. The zero-order valence-electron chi connectivity index (χ0n) is 12.6. The maximum atomic E-state index is 9.25. The molecule has 0 atom stereocenters. The Labute approximate surface area is 125 Å². The van der Waals surface area contributed by atoms with Gasteiger partial charge in [0.15, 0.2) is 0 Å². The first-order valence-corrected chi connectivity index (χ1v) is 6.98. The van der Waals surface area contributed by atoms with Gasteiger partial charge in [-0.25, -0.2) is 0 Å². The van der Waals surface area contributed by atoms with Crippen LogP contribution in [-0.4, -0.2) is 11.6 Å². The molecule has 0 saturated carbocycles. The maximum absolute atomic E-state index is 9.25. The van der Waals surface area contributed by atoms with Crippen molar-refractivity contribution in [2.45, 2.75) is 27.3 Å². The Kier molecular flexibility index (Phi) is 4.78. The normalized spacial score (nSPS) is 10.0. The number of aromatic nitrogens is 1. The van der Waals surface area contributed by atoms with Crippen molar-refractivity contribution in [3.63, 3.8) is 0 Å². The highest BCUT2D eigenvalue weighted by Crippen LogP contribution is 2.20. The number of aryl methyl sites for hydroxylation is 2. The third-order valence-electron chi connectivity index (χ3n) is 3.13. The zero-order valence-corrected chi connectivity index (χ0v) is 12.6. The molecular weight excluding hydrogens is 262 g/mol. The Hall–Kier alpha value is -2.54. The molecule has 0 aliphatic rings. The van der Waals surface area contributed by atoms with Crippen LogP contribution in [-0.2, 0) is 6.54 Å². The van der Waals surface area contributed by atoms with Gasteiger partial charge in [0.2, 0.25) is 0 Å². The van der Waals surface area contributed by atoms with Gasteiger partial charge in [-0.15, -0.1) is 0 Å². The predicted octanol–water partition coefficient (Wildman–Crippen LogP) is 3.58. The minimum absolute atomic E-state index is 0.599. The van der Waals surface area contributed by atoms with Crippen molar-refractivity contribution < 1.29 is 4.74 Å². The lowest BCUT2D eigenvalue weighted by atomic mass is 10.1. The van der Waals surface area contributed by atoms with E-state index >= 15 is 0 Å². The molecule has 2 aromatic rings. The fraction of sp³-hybridized carbons (Fsp3) is 0.294. The summed E-state index contributed by atoms with van der Waals surface area (Å²) >= 11 is 0. The van der Waals surface area contributed by atoms with Gasteiger partial charge >= 0.3 is 0 Å². The highest BCUT2D eigenvalue weighted by Gasteiger charge is 2.07. The molecule has 1 aromatic heterocycles. The van der Waals surface area contributed by atoms with E-state index in [-0.39, 0.29) is 0 Å². The molecule has 0 spiro atoms. The van der Waals surface area contributed by atoms with Crippen molar-refractivity contribution in [2.24, 2.45) is 0 Å². The first-order chi connectivity index (χ1) is 10.1. The summed E-state index contributed by atoms with van der Waals surface area (Å²) in [4.78, 5) is 4.32. The number of ether oxygens (including phenoxy) is 1. The molecule has 0 radical (unpaired) electrons. The van der Waals surface area contributed by atoms with Crippen LogP contribution in [0.25, 0.3) is 0 Å². The number of rotatable bonds is 5. The Morgan fingerprint density at radius 2 is 2.10 bits per heavy atom. The van der Waals surface area contributed by atoms with Gasteiger partial charge in [-0.3, -0.25) is 4.98 Å². The van der Waals surface area contributed by atoms with E-state index in [1.807, 2.05) is 51.1 Å². The number of pyridine rings is 1. The van der Waals surface area contributed by atoms with E-state index in [0.29, 0.717) is 18.7 Å². The Balaban J connectivity index is 2.17. The fourth-order valence-corrected chi connectivity index (χ4v) is 2.22. The molecule has 0 bridgehead atoms.